The molecular formula is C24H25ClFN5O3. The first-order valence-corrected chi connectivity index (χ1v) is 11.4. The molecule has 1 spiro atoms. The molecule has 0 unspecified atom stereocenters. The van der Waals surface area contributed by atoms with Gasteiger partial charge in [0.1, 0.15) is 23.5 Å². The van der Waals surface area contributed by atoms with Gasteiger partial charge >= 0.3 is 6.09 Å². The van der Waals surface area contributed by atoms with Crippen molar-refractivity contribution < 1.29 is 18.7 Å². The molecule has 2 fully saturated rings. The lowest BCUT2D eigenvalue weighted by Crippen LogP contribution is -2.45. The van der Waals surface area contributed by atoms with Crippen LogP contribution in [0.3, 0.4) is 0 Å². The van der Waals surface area contributed by atoms with Gasteiger partial charge in [-0.2, -0.15) is 0 Å². The Morgan fingerprint density at radius 3 is 2.74 bits per heavy atom. The standard InChI is InChI=1S/C24H25ClFN5O3/c1-14-4-5-16(21(26)20(14)25)29-22-15-10-18(19(33-3)11-17(15)27-13-28-22)31-12-24(34-23(31)32)6-8-30(2)9-7-24/h4-5,10-11,13H,6-9,12H2,1-3H3,(H,27,28,29). The minimum atomic E-state index is -0.561. The van der Waals surface area contributed by atoms with E-state index in [9.17, 15) is 9.18 Å². The van der Waals surface area contributed by atoms with Crippen molar-refractivity contribution in [2.45, 2.75) is 25.4 Å². The van der Waals surface area contributed by atoms with Crippen LogP contribution in [-0.2, 0) is 4.74 Å². The highest BCUT2D eigenvalue weighted by atomic mass is 35.5. The molecular weight excluding hydrogens is 461 g/mol. The Morgan fingerprint density at radius 1 is 1.24 bits per heavy atom. The number of halogens is 2. The first-order chi connectivity index (χ1) is 16.3. The molecule has 178 valence electrons. The fourth-order valence-corrected chi connectivity index (χ4v) is 4.68. The number of ether oxygens (including phenoxy) is 2. The van der Waals surface area contributed by atoms with Crippen LogP contribution < -0.4 is 15.0 Å². The summed E-state index contributed by atoms with van der Waals surface area (Å²) >= 11 is 6.09. The van der Waals surface area contributed by atoms with Gasteiger partial charge in [0.2, 0.25) is 0 Å². The smallest absolute Gasteiger partial charge is 0.415 e. The quantitative estimate of drug-likeness (QED) is 0.562. The van der Waals surface area contributed by atoms with Crippen LogP contribution >= 0.6 is 11.6 Å². The Kier molecular flexibility index (Phi) is 5.69. The number of anilines is 3. The van der Waals surface area contributed by atoms with E-state index in [2.05, 4.69) is 27.2 Å². The first kappa shape index (κ1) is 22.6. The molecule has 2 aliphatic rings. The number of benzene rings is 2. The van der Waals surface area contributed by atoms with Crippen molar-refractivity contribution in [1.82, 2.24) is 14.9 Å². The Labute approximate surface area is 201 Å². The maximum Gasteiger partial charge on any atom is 0.415 e. The highest BCUT2D eigenvalue weighted by molar-refractivity contribution is 6.31. The summed E-state index contributed by atoms with van der Waals surface area (Å²) in [4.78, 5) is 25.4. The molecule has 0 radical (unpaired) electrons. The van der Waals surface area contributed by atoms with Crippen LogP contribution in [0.25, 0.3) is 10.9 Å². The van der Waals surface area contributed by atoms with Crippen LogP contribution in [0.1, 0.15) is 18.4 Å². The van der Waals surface area contributed by atoms with Crippen LogP contribution in [-0.4, -0.2) is 60.4 Å². The Morgan fingerprint density at radius 2 is 2.00 bits per heavy atom. The molecule has 2 aliphatic heterocycles. The zero-order valence-electron chi connectivity index (χ0n) is 19.2. The molecule has 10 heteroatoms. The minimum Gasteiger partial charge on any atom is -0.494 e. The maximum absolute atomic E-state index is 14.7. The zero-order chi connectivity index (χ0) is 24.0. The fraction of sp³-hybridized carbons (Fsp3) is 0.375. The highest BCUT2D eigenvalue weighted by Gasteiger charge is 2.47. The van der Waals surface area contributed by atoms with E-state index < -0.39 is 17.5 Å². The number of hydrogen-bond acceptors (Lipinski definition) is 7. The van der Waals surface area contributed by atoms with Gasteiger partial charge in [0.15, 0.2) is 5.82 Å². The summed E-state index contributed by atoms with van der Waals surface area (Å²) in [6, 6.07) is 6.85. The predicted octanol–water partition coefficient (Wildman–Crippen LogP) is 4.90. The van der Waals surface area contributed by atoms with E-state index in [1.54, 1.807) is 43.2 Å². The number of piperidine rings is 1. The summed E-state index contributed by atoms with van der Waals surface area (Å²) in [7, 11) is 3.60. The summed E-state index contributed by atoms with van der Waals surface area (Å²) in [5.74, 6) is 0.312. The van der Waals surface area contributed by atoms with Crippen molar-refractivity contribution in [3.05, 3.63) is 47.0 Å². The highest BCUT2D eigenvalue weighted by Crippen LogP contribution is 2.41. The fourth-order valence-electron chi connectivity index (χ4n) is 4.51. The lowest BCUT2D eigenvalue weighted by Gasteiger charge is -2.35. The molecule has 3 aromatic rings. The number of fused-ring (bicyclic) bond motifs is 1. The normalized spacial score (nSPS) is 17.9. The van der Waals surface area contributed by atoms with Crippen molar-refractivity contribution in [2.24, 2.45) is 0 Å². The third kappa shape index (κ3) is 3.88. The Hall–Kier alpha value is -3.17. The molecule has 1 amide bonds. The van der Waals surface area contributed by atoms with Gasteiger partial charge in [-0.1, -0.05) is 17.7 Å². The molecule has 5 rings (SSSR count). The monoisotopic (exact) mass is 485 g/mol. The van der Waals surface area contributed by atoms with E-state index in [1.807, 2.05) is 0 Å². The number of aryl methyl sites for hydroxylation is 1. The molecule has 1 aromatic heterocycles. The summed E-state index contributed by atoms with van der Waals surface area (Å²) in [6.07, 6.45) is 2.51. The number of amides is 1. The maximum atomic E-state index is 14.7. The molecule has 2 aromatic carbocycles. The molecule has 1 N–H and O–H groups in total. The average molecular weight is 486 g/mol. The number of carbonyl (C=O) groups excluding carboxylic acids is 1. The van der Waals surface area contributed by atoms with E-state index in [-0.39, 0.29) is 10.7 Å². The third-order valence-electron chi connectivity index (χ3n) is 6.62. The van der Waals surface area contributed by atoms with Crippen LogP contribution in [0, 0.1) is 12.7 Å². The topological polar surface area (TPSA) is 79.8 Å². The van der Waals surface area contributed by atoms with Crippen LogP contribution in [0.4, 0.5) is 26.4 Å². The van der Waals surface area contributed by atoms with Crippen LogP contribution in [0.5, 0.6) is 5.75 Å². The van der Waals surface area contributed by atoms with E-state index in [0.29, 0.717) is 40.3 Å². The molecule has 0 aliphatic carbocycles. The van der Waals surface area contributed by atoms with Crippen LogP contribution in [0.15, 0.2) is 30.6 Å². The number of nitrogens with one attached hydrogen (secondary N) is 1. The summed E-state index contributed by atoms with van der Waals surface area (Å²) in [5, 5.41) is 3.67. The minimum absolute atomic E-state index is 0.0500. The molecule has 34 heavy (non-hydrogen) atoms. The summed E-state index contributed by atoms with van der Waals surface area (Å²) < 4.78 is 26.2. The van der Waals surface area contributed by atoms with Crippen molar-refractivity contribution >= 4 is 45.8 Å². The lowest BCUT2D eigenvalue weighted by atomic mass is 9.91. The molecule has 8 nitrogen and oxygen atoms in total. The summed E-state index contributed by atoms with van der Waals surface area (Å²) in [6.45, 7) is 3.89. The molecule has 0 saturated carbocycles. The van der Waals surface area contributed by atoms with Crippen molar-refractivity contribution in [3.8, 4) is 5.75 Å². The number of likely N-dealkylation sites (tertiary alicyclic amines) is 1. The zero-order valence-corrected chi connectivity index (χ0v) is 19.9. The van der Waals surface area contributed by atoms with Gasteiger partial charge in [-0.05, 0) is 31.7 Å². The third-order valence-corrected chi connectivity index (χ3v) is 7.09. The van der Waals surface area contributed by atoms with Crippen molar-refractivity contribution in [3.63, 3.8) is 0 Å². The van der Waals surface area contributed by atoms with Gasteiger partial charge in [0.25, 0.3) is 0 Å². The van der Waals surface area contributed by atoms with Crippen molar-refractivity contribution in [1.29, 1.82) is 0 Å². The van der Waals surface area contributed by atoms with Gasteiger partial charge in [0.05, 0.1) is 35.6 Å². The lowest BCUT2D eigenvalue weighted by molar-refractivity contribution is 0.00678. The average Bonchev–Trinajstić information content (AvgIpc) is 3.16. The largest absolute Gasteiger partial charge is 0.494 e. The SMILES string of the molecule is COc1cc2ncnc(Nc3ccc(C)c(Cl)c3F)c2cc1N1CC2(CCN(C)CC2)OC1=O. The van der Waals surface area contributed by atoms with E-state index >= 15 is 0 Å². The van der Waals surface area contributed by atoms with Gasteiger partial charge in [-0.15, -0.1) is 0 Å². The first-order valence-electron chi connectivity index (χ1n) is 11.0. The van der Waals surface area contributed by atoms with Gasteiger partial charge in [-0.25, -0.2) is 19.2 Å². The number of rotatable bonds is 4. The van der Waals surface area contributed by atoms with Crippen LogP contribution in [0.2, 0.25) is 5.02 Å². The second-order valence-corrected chi connectivity index (χ2v) is 9.26. The van der Waals surface area contributed by atoms with E-state index in [4.69, 9.17) is 21.1 Å². The van der Waals surface area contributed by atoms with Gasteiger partial charge in [-0.3, -0.25) is 4.90 Å². The second kappa shape index (κ2) is 8.56. The number of nitrogens with zero attached hydrogens (tertiary/aromatic N) is 4. The second-order valence-electron chi connectivity index (χ2n) is 8.89. The number of aromatic nitrogens is 2. The number of carbonyl (C=O) groups is 1. The Bertz CT molecular complexity index is 1280. The Balaban J connectivity index is 1.55. The van der Waals surface area contributed by atoms with E-state index in [0.717, 1.165) is 25.9 Å². The molecule has 0 bridgehead atoms. The number of methoxy groups -OCH3 is 1. The van der Waals surface area contributed by atoms with E-state index in [1.165, 1.54) is 6.33 Å². The van der Waals surface area contributed by atoms with Gasteiger partial charge in [0, 0.05) is 37.4 Å². The molecule has 0 atom stereocenters. The molecule has 2 saturated heterocycles. The van der Waals surface area contributed by atoms with Crippen molar-refractivity contribution in [2.75, 3.05) is 44.0 Å². The predicted molar refractivity (Wildman–Crippen MR) is 129 cm³/mol. The number of hydrogen-bond donors (Lipinski definition) is 1. The molecule has 3 heterocycles. The van der Waals surface area contributed by atoms with Gasteiger partial charge < -0.3 is 19.7 Å². The summed E-state index contributed by atoms with van der Waals surface area (Å²) in [5.41, 5.74) is 1.45.